The van der Waals surface area contributed by atoms with E-state index in [4.69, 9.17) is 0 Å². The van der Waals surface area contributed by atoms with Crippen LogP contribution >= 0.6 is 0 Å². The van der Waals surface area contributed by atoms with E-state index >= 15 is 0 Å². The number of imide groups is 2. The van der Waals surface area contributed by atoms with Gasteiger partial charge in [0.15, 0.2) is 17.4 Å². The van der Waals surface area contributed by atoms with Crippen molar-refractivity contribution in [2.75, 3.05) is 5.32 Å². The molecule has 4 amide bonds. The predicted octanol–water partition coefficient (Wildman–Crippen LogP) is 2.27. The fraction of sp³-hybridized carbons (Fsp3) is 0.346. The Kier molecular flexibility index (Phi) is 6.36. The third-order valence-electron chi connectivity index (χ3n) is 7.26. The Morgan fingerprint density at radius 3 is 2.64 bits per heavy atom. The first-order valence-electron chi connectivity index (χ1n) is 12.4. The molecule has 3 heterocycles. The summed E-state index contributed by atoms with van der Waals surface area (Å²) in [6.07, 6.45) is 0.670. The average molecular weight is 536 g/mol. The second-order valence-electron chi connectivity index (χ2n) is 10.1. The number of benzene rings is 2. The SMILES string of the molecule is CCC(C)(C)n1nnnc1C(Nc1ccc(F)c(O)c1)c1cccc2c1C(=O)N(C1CCC(=O)NC1=O)C2=O. The van der Waals surface area contributed by atoms with Crippen molar-refractivity contribution in [3.8, 4) is 5.75 Å². The minimum atomic E-state index is -1.13. The number of piperidine rings is 1. The van der Waals surface area contributed by atoms with Crippen molar-refractivity contribution in [2.24, 2.45) is 0 Å². The van der Waals surface area contributed by atoms with E-state index < -0.39 is 52.8 Å². The summed E-state index contributed by atoms with van der Waals surface area (Å²) in [6.45, 7) is 5.83. The zero-order chi connectivity index (χ0) is 28.1. The summed E-state index contributed by atoms with van der Waals surface area (Å²) in [4.78, 5) is 52.3. The lowest BCUT2D eigenvalue weighted by Crippen LogP contribution is -2.54. The standard InChI is InChI=1S/C26H26FN7O5/c1-4-26(2,3)34-22(30-31-32-34)21(28-13-8-9-16(27)18(35)12-13)14-6-5-7-15-20(14)25(39)33(24(15)38)17-10-11-19(36)29-23(17)37/h5-9,12,17,21,28,35H,4,10-11H2,1-3H3,(H,29,36,37). The highest BCUT2D eigenvalue weighted by Gasteiger charge is 2.46. The number of rotatable bonds is 7. The van der Waals surface area contributed by atoms with Gasteiger partial charge >= 0.3 is 0 Å². The Morgan fingerprint density at radius 2 is 1.95 bits per heavy atom. The van der Waals surface area contributed by atoms with Gasteiger partial charge in [-0.05, 0) is 60.9 Å². The van der Waals surface area contributed by atoms with E-state index in [1.165, 1.54) is 18.2 Å². The smallest absolute Gasteiger partial charge is 0.262 e. The van der Waals surface area contributed by atoms with Gasteiger partial charge in [-0.2, -0.15) is 0 Å². The maximum absolute atomic E-state index is 13.8. The molecule has 2 atom stereocenters. The lowest BCUT2D eigenvalue weighted by Gasteiger charge is -2.29. The fourth-order valence-electron chi connectivity index (χ4n) is 4.79. The first-order chi connectivity index (χ1) is 18.5. The second-order valence-corrected chi connectivity index (χ2v) is 10.1. The number of phenolic OH excluding ortho intramolecular Hbond substituents is 1. The number of nitrogens with one attached hydrogen (secondary N) is 2. The van der Waals surface area contributed by atoms with Crippen LogP contribution in [0.1, 0.15) is 78.2 Å². The third kappa shape index (κ3) is 4.39. The topological polar surface area (TPSA) is 159 Å². The molecule has 3 aromatic rings. The molecule has 13 heteroatoms. The number of tetrazole rings is 1. The molecular formula is C26H26FN7O5. The zero-order valence-electron chi connectivity index (χ0n) is 21.4. The number of hydrogen-bond acceptors (Lipinski definition) is 9. The molecule has 0 aliphatic carbocycles. The van der Waals surface area contributed by atoms with Gasteiger partial charge < -0.3 is 10.4 Å². The highest BCUT2D eigenvalue weighted by molar-refractivity contribution is 6.24. The molecule has 2 aliphatic heterocycles. The summed E-state index contributed by atoms with van der Waals surface area (Å²) in [7, 11) is 0. The van der Waals surface area contributed by atoms with Crippen LogP contribution in [-0.2, 0) is 15.1 Å². The van der Waals surface area contributed by atoms with Crippen LogP contribution in [0.25, 0.3) is 0 Å². The molecule has 2 unspecified atom stereocenters. The Labute approximate surface area is 222 Å². The van der Waals surface area contributed by atoms with Gasteiger partial charge in [0.2, 0.25) is 11.8 Å². The third-order valence-corrected chi connectivity index (χ3v) is 7.26. The lowest BCUT2D eigenvalue weighted by molar-refractivity contribution is -0.136. The molecule has 0 radical (unpaired) electrons. The number of carbonyl (C=O) groups excluding carboxylic acids is 4. The van der Waals surface area contributed by atoms with Gasteiger partial charge in [0.25, 0.3) is 11.8 Å². The van der Waals surface area contributed by atoms with E-state index in [-0.39, 0.29) is 24.0 Å². The molecule has 39 heavy (non-hydrogen) atoms. The quantitative estimate of drug-likeness (QED) is 0.386. The van der Waals surface area contributed by atoms with Gasteiger partial charge in [0, 0.05) is 18.2 Å². The summed E-state index contributed by atoms with van der Waals surface area (Å²) >= 11 is 0. The molecule has 5 rings (SSSR count). The largest absolute Gasteiger partial charge is 0.505 e. The molecule has 12 nitrogen and oxygen atoms in total. The van der Waals surface area contributed by atoms with Gasteiger partial charge in [-0.15, -0.1) is 5.10 Å². The number of phenols is 1. The molecule has 1 saturated heterocycles. The molecule has 0 spiro atoms. The summed E-state index contributed by atoms with van der Waals surface area (Å²) in [5.41, 5.74) is 0.247. The minimum absolute atomic E-state index is 0.00418. The summed E-state index contributed by atoms with van der Waals surface area (Å²) in [6, 6.07) is 6.35. The molecule has 0 bridgehead atoms. The molecule has 202 valence electrons. The van der Waals surface area contributed by atoms with E-state index in [1.54, 1.807) is 16.8 Å². The van der Waals surface area contributed by atoms with Gasteiger partial charge in [0.1, 0.15) is 12.1 Å². The van der Waals surface area contributed by atoms with Crippen LogP contribution < -0.4 is 10.6 Å². The number of aromatic hydroxyl groups is 1. The number of hydrogen-bond donors (Lipinski definition) is 3. The summed E-state index contributed by atoms with van der Waals surface area (Å²) in [5.74, 6) is -3.62. The van der Waals surface area contributed by atoms with Crippen molar-refractivity contribution >= 4 is 29.3 Å². The predicted molar refractivity (Wildman–Crippen MR) is 134 cm³/mol. The van der Waals surface area contributed by atoms with Crippen molar-refractivity contribution in [1.29, 1.82) is 0 Å². The van der Waals surface area contributed by atoms with Crippen molar-refractivity contribution in [2.45, 2.75) is 57.7 Å². The Morgan fingerprint density at radius 1 is 1.18 bits per heavy atom. The highest BCUT2D eigenvalue weighted by atomic mass is 19.1. The molecule has 1 aromatic heterocycles. The average Bonchev–Trinajstić information content (AvgIpc) is 3.49. The number of aromatic nitrogens is 4. The first kappa shape index (κ1) is 25.9. The van der Waals surface area contributed by atoms with Crippen LogP contribution in [0.3, 0.4) is 0 Å². The van der Waals surface area contributed by atoms with E-state index in [9.17, 15) is 28.7 Å². The monoisotopic (exact) mass is 535 g/mol. The van der Waals surface area contributed by atoms with E-state index in [1.807, 2.05) is 20.8 Å². The number of halogens is 1. The molecular weight excluding hydrogens is 509 g/mol. The molecule has 0 saturated carbocycles. The van der Waals surface area contributed by atoms with Crippen molar-refractivity contribution < 1.29 is 28.7 Å². The van der Waals surface area contributed by atoms with Crippen LogP contribution in [0.5, 0.6) is 5.75 Å². The lowest BCUT2D eigenvalue weighted by atomic mass is 9.94. The van der Waals surface area contributed by atoms with E-state index in [0.29, 0.717) is 23.5 Å². The van der Waals surface area contributed by atoms with Gasteiger partial charge in [-0.3, -0.25) is 29.4 Å². The maximum atomic E-state index is 13.8. The summed E-state index contributed by atoms with van der Waals surface area (Å²) in [5, 5.41) is 27.6. The first-order valence-corrected chi connectivity index (χ1v) is 12.4. The Balaban J connectivity index is 1.64. The van der Waals surface area contributed by atoms with Crippen LogP contribution in [0.15, 0.2) is 36.4 Å². The van der Waals surface area contributed by atoms with Crippen molar-refractivity contribution in [3.05, 3.63) is 64.7 Å². The molecule has 2 aromatic carbocycles. The maximum Gasteiger partial charge on any atom is 0.262 e. The van der Waals surface area contributed by atoms with Crippen LogP contribution in [-0.4, -0.2) is 59.9 Å². The normalized spacial score (nSPS) is 18.3. The number of fused-ring (bicyclic) bond motifs is 1. The number of anilines is 1. The molecule has 3 N–H and O–H groups in total. The van der Waals surface area contributed by atoms with Gasteiger partial charge in [0.05, 0.1) is 16.7 Å². The zero-order valence-corrected chi connectivity index (χ0v) is 21.4. The molecule has 2 aliphatic rings. The number of amides is 4. The second kappa shape index (κ2) is 9.57. The van der Waals surface area contributed by atoms with Gasteiger partial charge in [-0.25, -0.2) is 9.07 Å². The minimum Gasteiger partial charge on any atom is -0.505 e. The Bertz CT molecular complexity index is 1520. The number of carbonyl (C=O) groups is 4. The van der Waals surface area contributed by atoms with Crippen molar-refractivity contribution in [3.63, 3.8) is 0 Å². The van der Waals surface area contributed by atoms with Crippen molar-refractivity contribution in [1.82, 2.24) is 30.4 Å². The van der Waals surface area contributed by atoms with E-state index in [0.717, 1.165) is 11.0 Å². The van der Waals surface area contributed by atoms with Crippen LogP contribution in [0.4, 0.5) is 10.1 Å². The summed E-state index contributed by atoms with van der Waals surface area (Å²) < 4.78 is 15.4. The number of nitrogens with zero attached hydrogens (tertiary/aromatic N) is 5. The van der Waals surface area contributed by atoms with Crippen LogP contribution in [0.2, 0.25) is 0 Å². The van der Waals surface area contributed by atoms with Crippen LogP contribution in [0, 0.1) is 5.82 Å². The van der Waals surface area contributed by atoms with E-state index in [2.05, 4.69) is 26.2 Å². The Hall–Kier alpha value is -4.68. The van der Waals surface area contributed by atoms with Gasteiger partial charge in [-0.1, -0.05) is 19.1 Å². The molecule has 1 fully saturated rings. The fourth-order valence-corrected chi connectivity index (χ4v) is 4.79. The highest BCUT2D eigenvalue weighted by Crippen LogP contribution is 2.37.